The number of nitrogens with zero attached hydrogens (tertiary/aromatic N) is 3. The third-order valence-electron chi connectivity index (χ3n) is 4.34. The summed E-state index contributed by atoms with van der Waals surface area (Å²) in [5.41, 5.74) is 10.3. The molecule has 1 rings (SSSR count). The molecule has 0 aromatic heterocycles. The van der Waals surface area contributed by atoms with Gasteiger partial charge < -0.3 is 0 Å². The van der Waals surface area contributed by atoms with Gasteiger partial charge in [0.1, 0.15) is 0 Å². The Morgan fingerprint density at radius 3 is 2.05 bits per heavy atom. The highest BCUT2D eigenvalue weighted by molar-refractivity contribution is 7.90. The fourth-order valence-electron chi connectivity index (χ4n) is 2.95. The second-order valence-electron chi connectivity index (χ2n) is 5.47. The van der Waals surface area contributed by atoms with Crippen molar-refractivity contribution < 1.29 is 8.42 Å². The van der Waals surface area contributed by atoms with Gasteiger partial charge in [-0.2, -0.15) is 0 Å². The van der Waals surface area contributed by atoms with E-state index in [1.54, 1.807) is 6.07 Å². The first kappa shape index (κ1) is 18.5. The van der Waals surface area contributed by atoms with E-state index in [1.165, 1.54) is 0 Å². The van der Waals surface area contributed by atoms with Crippen molar-refractivity contribution in [3.05, 3.63) is 39.8 Å². The molecule has 22 heavy (non-hydrogen) atoms. The lowest BCUT2D eigenvalue weighted by Crippen LogP contribution is -2.08. The molecule has 0 atom stereocenters. The molecule has 0 spiro atoms. The molecule has 0 heterocycles. The standard InChI is InChI=1S/C16H25N3O2S/c1-5-12(6-2)14-9-10-15(13(7-3)8-4)16(11-14)22(20,21)19-18-17/h9-13H,5-8H2,1-4H3. The van der Waals surface area contributed by atoms with E-state index in [0.29, 0.717) is 5.92 Å². The molecule has 122 valence electrons. The molecule has 1 aromatic rings. The Balaban J connectivity index is 3.57. The first-order valence-electron chi connectivity index (χ1n) is 7.90. The Labute approximate surface area is 133 Å². The van der Waals surface area contributed by atoms with Crippen molar-refractivity contribution in [2.24, 2.45) is 4.52 Å². The van der Waals surface area contributed by atoms with E-state index in [2.05, 4.69) is 23.3 Å². The van der Waals surface area contributed by atoms with Crippen LogP contribution in [0, 0.1) is 0 Å². The van der Waals surface area contributed by atoms with Gasteiger partial charge in [0.25, 0.3) is 10.0 Å². The van der Waals surface area contributed by atoms with Crippen molar-refractivity contribution in [1.82, 2.24) is 0 Å². The Bertz CT molecular complexity index is 641. The van der Waals surface area contributed by atoms with Crippen LogP contribution in [0.2, 0.25) is 0 Å². The minimum atomic E-state index is -3.97. The van der Waals surface area contributed by atoms with Crippen molar-refractivity contribution >= 4 is 10.0 Å². The van der Waals surface area contributed by atoms with E-state index in [9.17, 15) is 8.42 Å². The average molecular weight is 323 g/mol. The zero-order chi connectivity index (χ0) is 16.8. The number of hydrogen-bond acceptors (Lipinski definition) is 2. The second kappa shape index (κ2) is 8.20. The van der Waals surface area contributed by atoms with E-state index < -0.39 is 10.0 Å². The third-order valence-corrected chi connectivity index (χ3v) is 5.54. The third kappa shape index (κ3) is 4.02. The molecule has 0 unspecified atom stereocenters. The van der Waals surface area contributed by atoms with Crippen LogP contribution >= 0.6 is 0 Å². The summed E-state index contributed by atoms with van der Waals surface area (Å²) in [7, 11) is -3.97. The average Bonchev–Trinajstić information content (AvgIpc) is 2.50. The minimum absolute atomic E-state index is 0.148. The number of rotatable bonds is 8. The summed E-state index contributed by atoms with van der Waals surface area (Å²) in [4.78, 5) is 2.66. The van der Waals surface area contributed by atoms with Gasteiger partial charge in [0.05, 0.1) is 4.90 Å². The van der Waals surface area contributed by atoms with E-state index in [-0.39, 0.29) is 10.8 Å². The molecule has 0 fully saturated rings. The van der Waals surface area contributed by atoms with Crippen molar-refractivity contribution in [2.75, 3.05) is 0 Å². The summed E-state index contributed by atoms with van der Waals surface area (Å²) in [5, 5.41) is 0. The fraction of sp³-hybridized carbons (Fsp3) is 0.625. The molecule has 0 amide bonds. The largest absolute Gasteiger partial charge is 0.264 e. The van der Waals surface area contributed by atoms with Crippen LogP contribution in [0.1, 0.15) is 76.3 Å². The molecule has 5 nitrogen and oxygen atoms in total. The van der Waals surface area contributed by atoms with Crippen molar-refractivity contribution in [3.8, 4) is 0 Å². The molecule has 1 aromatic carbocycles. The van der Waals surface area contributed by atoms with Crippen molar-refractivity contribution in [2.45, 2.75) is 70.1 Å². The lowest BCUT2D eigenvalue weighted by atomic mass is 9.89. The Kier molecular flexibility index (Phi) is 6.91. The highest BCUT2D eigenvalue weighted by atomic mass is 32.2. The van der Waals surface area contributed by atoms with Gasteiger partial charge in [0.15, 0.2) is 0 Å². The maximum absolute atomic E-state index is 12.3. The summed E-state index contributed by atoms with van der Waals surface area (Å²) in [5.74, 6) is 0.463. The molecular weight excluding hydrogens is 298 g/mol. The van der Waals surface area contributed by atoms with E-state index in [4.69, 9.17) is 5.53 Å². The molecule has 0 aliphatic heterocycles. The fourth-order valence-corrected chi connectivity index (χ4v) is 3.95. The number of hydrogen-bond donors (Lipinski definition) is 0. The van der Waals surface area contributed by atoms with E-state index >= 15 is 0 Å². The predicted molar refractivity (Wildman–Crippen MR) is 89.4 cm³/mol. The van der Waals surface area contributed by atoms with Crippen LogP contribution in [0.15, 0.2) is 27.6 Å². The van der Waals surface area contributed by atoms with Crippen LogP contribution in [0.5, 0.6) is 0 Å². The Morgan fingerprint density at radius 1 is 1.05 bits per heavy atom. The summed E-state index contributed by atoms with van der Waals surface area (Å²) in [6.07, 6.45) is 3.59. The maximum Gasteiger partial charge on any atom is 0.264 e. The van der Waals surface area contributed by atoms with Gasteiger partial charge >= 0.3 is 0 Å². The molecular formula is C16H25N3O2S. The predicted octanol–water partition coefficient (Wildman–Crippen LogP) is 5.49. The van der Waals surface area contributed by atoms with Crippen LogP contribution in [0.3, 0.4) is 0 Å². The monoisotopic (exact) mass is 323 g/mol. The Hall–Kier alpha value is -1.52. The summed E-state index contributed by atoms with van der Waals surface area (Å²) in [6, 6.07) is 5.61. The zero-order valence-corrected chi connectivity index (χ0v) is 14.6. The van der Waals surface area contributed by atoms with Gasteiger partial charge in [0.2, 0.25) is 0 Å². The maximum atomic E-state index is 12.3. The summed E-state index contributed by atoms with van der Waals surface area (Å²) in [6.45, 7) is 8.25. The molecule has 0 N–H and O–H groups in total. The van der Waals surface area contributed by atoms with Gasteiger partial charge in [-0.1, -0.05) is 39.8 Å². The SMILES string of the molecule is CCC(CC)c1ccc(C(CC)CC)c(S(=O)(=O)N=[N+]=[N-])c1. The van der Waals surface area contributed by atoms with Crippen LogP contribution in [0.25, 0.3) is 10.4 Å². The molecule has 0 radical (unpaired) electrons. The molecule has 0 aliphatic carbocycles. The topological polar surface area (TPSA) is 82.9 Å². The Morgan fingerprint density at radius 2 is 1.59 bits per heavy atom. The van der Waals surface area contributed by atoms with Gasteiger partial charge in [-0.3, -0.25) is 0 Å². The summed E-state index contributed by atoms with van der Waals surface area (Å²) < 4.78 is 27.7. The van der Waals surface area contributed by atoms with Crippen LogP contribution in [0.4, 0.5) is 0 Å². The molecule has 0 saturated heterocycles. The summed E-state index contributed by atoms with van der Waals surface area (Å²) >= 11 is 0. The zero-order valence-electron chi connectivity index (χ0n) is 13.8. The van der Waals surface area contributed by atoms with Crippen molar-refractivity contribution in [1.29, 1.82) is 0 Å². The van der Waals surface area contributed by atoms with Crippen LogP contribution in [-0.2, 0) is 10.0 Å². The highest BCUT2D eigenvalue weighted by Crippen LogP contribution is 2.34. The molecule has 0 saturated carbocycles. The van der Waals surface area contributed by atoms with E-state index in [0.717, 1.165) is 36.8 Å². The smallest absolute Gasteiger partial charge is 0.216 e. The lowest BCUT2D eigenvalue weighted by Gasteiger charge is -2.20. The molecule has 0 bridgehead atoms. The second-order valence-corrected chi connectivity index (χ2v) is 7.02. The van der Waals surface area contributed by atoms with E-state index in [1.807, 2.05) is 26.0 Å². The number of benzene rings is 1. The number of azide groups is 1. The quantitative estimate of drug-likeness (QED) is 0.360. The lowest BCUT2D eigenvalue weighted by molar-refractivity contribution is 0.584. The van der Waals surface area contributed by atoms with Gasteiger partial charge in [-0.25, -0.2) is 8.42 Å². The van der Waals surface area contributed by atoms with Crippen LogP contribution in [-0.4, -0.2) is 8.42 Å². The van der Waals surface area contributed by atoms with Crippen molar-refractivity contribution in [3.63, 3.8) is 0 Å². The highest BCUT2D eigenvalue weighted by Gasteiger charge is 2.23. The first-order chi connectivity index (χ1) is 10.4. The van der Waals surface area contributed by atoms with Gasteiger partial charge in [-0.15, -0.1) is 0 Å². The van der Waals surface area contributed by atoms with Gasteiger partial charge in [-0.05, 0) is 60.2 Å². The normalized spacial score (nSPS) is 11.7. The van der Waals surface area contributed by atoms with Crippen LogP contribution < -0.4 is 0 Å². The number of sulfonamides is 1. The molecule has 6 heteroatoms. The minimum Gasteiger partial charge on any atom is -0.216 e. The first-order valence-corrected chi connectivity index (χ1v) is 9.34. The molecule has 0 aliphatic rings. The van der Waals surface area contributed by atoms with Gasteiger partial charge in [0, 0.05) is 9.43 Å².